The van der Waals surface area contributed by atoms with Gasteiger partial charge in [0.05, 0.1) is 24.5 Å². The number of nitrogens with zero attached hydrogens (tertiary/aromatic N) is 1. The third-order valence-corrected chi connectivity index (χ3v) is 2.92. The van der Waals surface area contributed by atoms with Crippen molar-refractivity contribution >= 4 is 11.6 Å². The van der Waals surface area contributed by atoms with Crippen LogP contribution >= 0.6 is 0 Å². The minimum atomic E-state index is -0.150. The Morgan fingerprint density at radius 3 is 2.70 bits per heavy atom. The summed E-state index contributed by atoms with van der Waals surface area (Å²) in [6, 6.07) is 3.66. The summed E-state index contributed by atoms with van der Waals surface area (Å²) in [6.07, 6.45) is 4.64. The number of pyridine rings is 1. The Morgan fingerprint density at radius 2 is 2.15 bits per heavy atom. The van der Waals surface area contributed by atoms with Gasteiger partial charge in [-0.2, -0.15) is 0 Å². The van der Waals surface area contributed by atoms with E-state index >= 15 is 0 Å². The average Bonchev–Trinajstić information content (AvgIpc) is 2.46. The van der Waals surface area contributed by atoms with E-state index < -0.39 is 0 Å². The van der Waals surface area contributed by atoms with Crippen molar-refractivity contribution < 1.29 is 9.53 Å². The number of ether oxygens (including phenoxy) is 1. The summed E-state index contributed by atoms with van der Waals surface area (Å²) in [5.41, 5.74) is 1.37. The summed E-state index contributed by atoms with van der Waals surface area (Å²) in [7, 11) is 1.64. The first-order valence-corrected chi connectivity index (χ1v) is 7.21. The molecule has 0 radical (unpaired) electrons. The number of methoxy groups -OCH3 is 1. The van der Waals surface area contributed by atoms with E-state index in [0.29, 0.717) is 12.3 Å². The Hall–Kier alpha value is -1.62. The van der Waals surface area contributed by atoms with E-state index in [4.69, 9.17) is 4.74 Å². The van der Waals surface area contributed by atoms with Crippen LogP contribution in [0.2, 0.25) is 0 Å². The number of aromatic nitrogens is 1. The SMILES string of the molecule is CCCNc1ccc(C(=O)NC(CCC)COC)nc1. The van der Waals surface area contributed by atoms with Gasteiger partial charge in [-0.05, 0) is 25.0 Å². The molecule has 1 rings (SSSR count). The van der Waals surface area contributed by atoms with Crippen LogP contribution in [0, 0.1) is 0 Å². The summed E-state index contributed by atoms with van der Waals surface area (Å²) in [4.78, 5) is 16.3. The van der Waals surface area contributed by atoms with Crippen LogP contribution in [0.15, 0.2) is 18.3 Å². The van der Waals surface area contributed by atoms with Gasteiger partial charge in [-0.15, -0.1) is 0 Å². The topological polar surface area (TPSA) is 63.2 Å². The first-order valence-electron chi connectivity index (χ1n) is 7.21. The highest BCUT2D eigenvalue weighted by Crippen LogP contribution is 2.07. The Balaban J connectivity index is 2.57. The number of carbonyl (C=O) groups excluding carboxylic acids is 1. The van der Waals surface area contributed by atoms with Gasteiger partial charge in [0.25, 0.3) is 5.91 Å². The molecule has 1 heterocycles. The Labute approximate surface area is 121 Å². The molecule has 1 atom stereocenters. The highest BCUT2D eigenvalue weighted by molar-refractivity contribution is 5.92. The van der Waals surface area contributed by atoms with Crippen molar-refractivity contribution in [1.82, 2.24) is 10.3 Å². The van der Waals surface area contributed by atoms with Crippen molar-refractivity contribution in [3.8, 4) is 0 Å². The molecule has 5 nitrogen and oxygen atoms in total. The maximum atomic E-state index is 12.1. The van der Waals surface area contributed by atoms with Crippen molar-refractivity contribution in [3.05, 3.63) is 24.0 Å². The lowest BCUT2D eigenvalue weighted by molar-refractivity contribution is 0.0886. The maximum Gasteiger partial charge on any atom is 0.270 e. The molecular weight excluding hydrogens is 254 g/mol. The van der Waals surface area contributed by atoms with Gasteiger partial charge in [0.15, 0.2) is 0 Å². The molecule has 0 aliphatic rings. The van der Waals surface area contributed by atoms with Crippen molar-refractivity contribution in [2.24, 2.45) is 0 Å². The van der Waals surface area contributed by atoms with Crippen molar-refractivity contribution in [2.45, 2.75) is 39.2 Å². The molecular formula is C15H25N3O2. The van der Waals surface area contributed by atoms with Crippen LogP contribution in [0.3, 0.4) is 0 Å². The first-order chi connectivity index (χ1) is 9.71. The number of nitrogens with one attached hydrogen (secondary N) is 2. The molecule has 1 aromatic heterocycles. The molecule has 1 amide bonds. The van der Waals surface area contributed by atoms with E-state index in [1.165, 1.54) is 0 Å². The largest absolute Gasteiger partial charge is 0.384 e. The predicted octanol–water partition coefficient (Wildman–Crippen LogP) is 2.45. The van der Waals surface area contributed by atoms with Crippen LogP contribution in [-0.2, 0) is 4.74 Å². The van der Waals surface area contributed by atoms with Crippen LogP contribution in [0.1, 0.15) is 43.6 Å². The minimum absolute atomic E-state index is 0.0391. The molecule has 5 heteroatoms. The fraction of sp³-hybridized carbons (Fsp3) is 0.600. The van der Waals surface area contributed by atoms with Crippen molar-refractivity contribution in [2.75, 3.05) is 25.6 Å². The Bertz CT molecular complexity index is 387. The standard InChI is InChI=1S/C15H25N3O2/c1-4-6-13(11-20-3)18-15(19)14-8-7-12(10-17-14)16-9-5-2/h7-8,10,13,16H,4-6,9,11H2,1-3H3,(H,18,19). The molecule has 0 aliphatic carbocycles. The third kappa shape index (κ3) is 5.57. The van der Waals surface area contributed by atoms with Crippen LogP contribution in [0.5, 0.6) is 0 Å². The van der Waals surface area contributed by atoms with Crippen LogP contribution in [0.25, 0.3) is 0 Å². The van der Waals surface area contributed by atoms with Gasteiger partial charge in [0, 0.05) is 13.7 Å². The van der Waals surface area contributed by atoms with Crippen molar-refractivity contribution in [1.29, 1.82) is 0 Å². The molecule has 0 fully saturated rings. The van der Waals surface area contributed by atoms with E-state index in [1.54, 1.807) is 19.4 Å². The van der Waals surface area contributed by atoms with Gasteiger partial charge >= 0.3 is 0 Å². The first kappa shape index (κ1) is 16.4. The number of hydrogen-bond acceptors (Lipinski definition) is 4. The normalized spacial score (nSPS) is 11.9. The van der Waals surface area contributed by atoms with Gasteiger partial charge in [0.2, 0.25) is 0 Å². The van der Waals surface area contributed by atoms with Crippen LogP contribution < -0.4 is 10.6 Å². The van der Waals surface area contributed by atoms with Gasteiger partial charge in [0.1, 0.15) is 5.69 Å². The zero-order valence-corrected chi connectivity index (χ0v) is 12.6. The molecule has 112 valence electrons. The van der Waals surface area contributed by atoms with Crippen LogP contribution in [0.4, 0.5) is 5.69 Å². The molecule has 1 aromatic rings. The Morgan fingerprint density at radius 1 is 1.35 bits per heavy atom. The molecule has 20 heavy (non-hydrogen) atoms. The molecule has 0 aliphatic heterocycles. The van der Waals surface area contributed by atoms with Gasteiger partial charge in [-0.3, -0.25) is 4.79 Å². The number of amides is 1. The second-order valence-corrected chi connectivity index (χ2v) is 4.77. The van der Waals surface area contributed by atoms with E-state index in [9.17, 15) is 4.79 Å². The van der Waals surface area contributed by atoms with Gasteiger partial charge in [-0.25, -0.2) is 4.98 Å². The number of hydrogen-bond donors (Lipinski definition) is 2. The molecule has 2 N–H and O–H groups in total. The molecule has 0 bridgehead atoms. The third-order valence-electron chi connectivity index (χ3n) is 2.92. The molecule has 0 aromatic carbocycles. The fourth-order valence-electron chi connectivity index (χ4n) is 1.91. The minimum Gasteiger partial charge on any atom is -0.384 e. The van der Waals surface area contributed by atoms with Crippen LogP contribution in [-0.4, -0.2) is 37.2 Å². The summed E-state index contributed by atoms with van der Waals surface area (Å²) < 4.78 is 5.11. The van der Waals surface area contributed by atoms with Gasteiger partial charge < -0.3 is 15.4 Å². The lowest BCUT2D eigenvalue weighted by atomic mass is 10.1. The monoisotopic (exact) mass is 279 g/mol. The number of carbonyl (C=O) groups is 1. The zero-order chi connectivity index (χ0) is 14.8. The van der Waals surface area contributed by atoms with E-state index in [1.807, 2.05) is 6.07 Å². The predicted molar refractivity (Wildman–Crippen MR) is 81.1 cm³/mol. The van der Waals surface area contributed by atoms with Gasteiger partial charge in [-0.1, -0.05) is 20.3 Å². The zero-order valence-electron chi connectivity index (χ0n) is 12.6. The van der Waals surface area contributed by atoms with E-state index in [2.05, 4.69) is 29.5 Å². The van der Waals surface area contributed by atoms with E-state index in [-0.39, 0.29) is 11.9 Å². The Kier molecular flexibility index (Phi) is 7.65. The second kappa shape index (κ2) is 9.31. The molecule has 0 saturated heterocycles. The summed E-state index contributed by atoms with van der Waals surface area (Å²) >= 11 is 0. The lowest BCUT2D eigenvalue weighted by Crippen LogP contribution is -2.38. The number of rotatable bonds is 9. The molecule has 0 saturated carbocycles. The highest BCUT2D eigenvalue weighted by atomic mass is 16.5. The average molecular weight is 279 g/mol. The summed E-state index contributed by atoms with van der Waals surface area (Å²) in [5, 5.41) is 6.18. The van der Waals surface area contributed by atoms with Crippen molar-refractivity contribution in [3.63, 3.8) is 0 Å². The highest BCUT2D eigenvalue weighted by Gasteiger charge is 2.13. The quantitative estimate of drug-likeness (QED) is 0.729. The maximum absolute atomic E-state index is 12.1. The molecule has 0 spiro atoms. The fourth-order valence-corrected chi connectivity index (χ4v) is 1.91. The summed E-state index contributed by atoms with van der Waals surface area (Å²) in [5.74, 6) is -0.150. The lowest BCUT2D eigenvalue weighted by Gasteiger charge is -2.16. The molecule has 1 unspecified atom stereocenters. The smallest absolute Gasteiger partial charge is 0.270 e. The summed E-state index contributed by atoms with van der Waals surface area (Å²) in [6.45, 7) is 5.61. The van der Waals surface area contributed by atoms with E-state index in [0.717, 1.165) is 31.5 Å². The second-order valence-electron chi connectivity index (χ2n) is 4.77. The number of anilines is 1.